The Bertz CT molecular complexity index is 650. The average Bonchev–Trinajstić information content (AvgIpc) is 2.85. The van der Waals surface area contributed by atoms with Crippen LogP contribution in [0, 0.1) is 0 Å². The van der Waals surface area contributed by atoms with Crippen molar-refractivity contribution in [2.75, 3.05) is 13.1 Å². The summed E-state index contributed by atoms with van der Waals surface area (Å²) in [7, 11) is 0. The van der Waals surface area contributed by atoms with Crippen LogP contribution in [0.4, 0.5) is 0 Å². The number of benzene rings is 1. The molecule has 0 atom stereocenters. The van der Waals surface area contributed by atoms with Crippen LogP contribution in [0.1, 0.15) is 24.2 Å². The maximum atomic E-state index is 12.2. The summed E-state index contributed by atoms with van der Waals surface area (Å²) in [6, 6.07) is 5.09. The molecule has 1 N–H and O–H groups in total. The van der Waals surface area contributed by atoms with Crippen molar-refractivity contribution in [2.45, 2.75) is 20.4 Å². The first-order chi connectivity index (χ1) is 9.56. The molecule has 0 saturated carbocycles. The van der Waals surface area contributed by atoms with Crippen LogP contribution in [0.15, 0.2) is 18.2 Å². The maximum Gasteiger partial charge on any atom is 0.323 e. The fourth-order valence-corrected chi connectivity index (χ4v) is 2.01. The Morgan fingerprint density at radius 2 is 2.10 bits per heavy atom. The average molecular weight is 276 g/mol. The van der Waals surface area contributed by atoms with Crippen molar-refractivity contribution in [3.8, 4) is 0 Å². The Hall–Kier alpha value is -2.44. The number of likely N-dealkylation sites (N-methyl/N-ethyl adjacent to an activating group) is 1. The molecule has 0 spiro atoms. The van der Waals surface area contributed by atoms with E-state index in [0.717, 1.165) is 5.52 Å². The summed E-state index contributed by atoms with van der Waals surface area (Å²) in [5, 5.41) is 16.8. The van der Waals surface area contributed by atoms with Crippen molar-refractivity contribution >= 4 is 22.9 Å². The van der Waals surface area contributed by atoms with Gasteiger partial charge < -0.3 is 10.0 Å². The number of nitrogens with zero attached hydrogens (tertiary/aromatic N) is 4. The number of hydrogen-bond acceptors (Lipinski definition) is 4. The lowest BCUT2D eigenvalue weighted by Crippen LogP contribution is -2.35. The second-order valence-electron chi connectivity index (χ2n) is 4.32. The summed E-state index contributed by atoms with van der Waals surface area (Å²) in [4.78, 5) is 24.2. The third kappa shape index (κ3) is 2.61. The molecule has 1 aromatic carbocycles. The first kappa shape index (κ1) is 14.0. The van der Waals surface area contributed by atoms with Crippen LogP contribution in [0.25, 0.3) is 11.0 Å². The monoisotopic (exact) mass is 276 g/mol. The molecule has 2 rings (SSSR count). The Morgan fingerprint density at radius 3 is 2.70 bits per heavy atom. The number of carbonyl (C=O) groups excluding carboxylic acids is 1. The summed E-state index contributed by atoms with van der Waals surface area (Å²) in [5.41, 5.74) is 1.90. The maximum absolute atomic E-state index is 12.2. The van der Waals surface area contributed by atoms with Gasteiger partial charge in [-0.05, 0) is 32.0 Å². The van der Waals surface area contributed by atoms with Crippen molar-refractivity contribution in [3.63, 3.8) is 0 Å². The summed E-state index contributed by atoms with van der Waals surface area (Å²) in [6.45, 7) is 4.43. The van der Waals surface area contributed by atoms with Crippen LogP contribution in [0.3, 0.4) is 0 Å². The molecule has 2 aromatic rings. The SMILES string of the molecule is CCN(CC(=O)O)C(=O)c1ccc2c(c1)nnn2CC. The number of aliphatic carboxylic acids is 1. The molecule has 0 aliphatic heterocycles. The topological polar surface area (TPSA) is 88.3 Å². The van der Waals surface area contributed by atoms with Crippen LogP contribution in [0.5, 0.6) is 0 Å². The minimum Gasteiger partial charge on any atom is -0.480 e. The second-order valence-corrected chi connectivity index (χ2v) is 4.32. The quantitative estimate of drug-likeness (QED) is 0.880. The van der Waals surface area contributed by atoms with Gasteiger partial charge in [0.25, 0.3) is 5.91 Å². The zero-order chi connectivity index (χ0) is 14.7. The third-order valence-electron chi connectivity index (χ3n) is 3.06. The Kier molecular flexibility index (Phi) is 3.97. The Labute approximate surface area is 115 Å². The van der Waals surface area contributed by atoms with Crippen molar-refractivity contribution in [2.24, 2.45) is 0 Å². The van der Waals surface area contributed by atoms with E-state index in [4.69, 9.17) is 5.11 Å². The van der Waals surface area contributed by atoms with Gasteiger partial charge in [0.15, 0.2) is 0 Å². The summed E-state index contributed by atoms with van der Waals surface area (Å²) in [5.74, 6) is -1.35. The lowest BCUT2D eigenvalue weighted by molar-refractivity contribution is -0.137. The van der Waals surface area contributed by atoms with E-state index in [1.807, 2.05) is 6.92 Å². The van der Waals surface area contributed by atoms with Gasteiger partial charge >= 0.3 is 5.97 Å². The van der Waals surface area contributed by atoms with Crippen molar-refractivity contribution in [3.05, 3.63) is 23.8 Å². The number of carbonyl (C=O) groups is 2. The van der Waals surface area contributed by atoms with Gasteiger partial charge in [0.05, 0.1) is 5.52 Å². The van der Waals surface area contributed by atoms with Gasteiger partial charge in [-0.25, -0.2) is 4.68 Å². The molecule has 1 amide bonds. The number of carboxylic acid groups (broad SMARTS) is 1. The van der Waals surface area contributed by atoms with Gasteiger partial charge in [0.2, 0.25) is 0 Å². The normalized spacial score (nSPS) is 10.7. The molecule has 0 fully saturated rings. The van der Waals surface area contributed by atoms with E-state index in [9.17, 15) is 9.59 Å². The van der Waals surface area contributed by atoms with E-state index in [2.05, 4.69) is 10.3 Å². The summed E-state index contributed by atoms with van der Waals surface area (Å²) in [6.07, 6.45) is 0. The van der Waals surface area contributed by atoms with Gasteiger partial charge in [-0.15, -0.1) is 5.10 Å². The molecule has 0 radical (unpaired) electrons. The van der Waals surface area contributed by atoms with Crippen LogP contribution in [0.2, 0.25) is 0 Å². The number of aromatic nitrogens is 3. The predicted octanol–water partition coefficient (Wildman–Crippen LogP) is 0.998. The predicted molar refractivity (Wildman–Crippen MR) is 72.4 cm³/mol. The molecule has 1 heterocycles. The molecule has 0 unspecified atom stereocenters. The zero-order valence-electron chi connectivity index (χ0n) is 11.4. The highest BCUT2D eigenvalue weighted by molar-refractivity contribution is 5.98. The molecule has 0 bridgehead atoms. The second kappa shape index (κ2) is 5.68. The molecule has 7 nitrogen and oxygen atoms in total. The van der Waals surface area contributed by atoms with Crippen LogP contribution in [-0.2, 0) is 11.3 Å². The first-order valence-electron chi connectivity index (χ1n) is 6.41. The van der Waals surface area contributed by atoms with Gasteiger partial charge in [-0.3, -0.25) is 9.59 Å². The van der Waals surface area contributed by atoms with E-state index in [-0.39, 0.29) is 12.5 Å². The summed E-state index contributed by atoms with van der Waals surface area (Å²) < 4.78 is 1.73. The first-order valence-corrected chi connectivity index (χ1v) is 6.41. The fraction of sp³-hybridized carbons (Fsp3) is 0.385. The lowest BCUT2D eigenvalue weighted by Gasteiger charge is -2.18. The van der Waals surface area contributed by atoms with Crippen molar-refractivity contribution in [1.29, 1.82) is 0 Å². The van der Waals surface area contributed by atoms with E-state index in [1.165, 1.54) is 4.90 Å². The Balaban J connectivity index is 2.32. The van der Waals surface area contributed by atoms with E-state index in [1.54, 1.807) is 29.8 Å². The minimum atomic E-state index is -1.03. The van der Waals surface area contributed by atoms with E-state index >= 15 is 0 Å². The molecule has 1 aromatic heterocycles. The van der Waals surface area contributed by atoms with Gasteiger partial charge in [0.1, 0.15) is 12.1 Å². The van der Waals surface area contributed by atoms with Gasteiger partial charge in [0, 0.05) is 18.7 Å². The smallest absolute Gasteiger partial charge is 0.323 e. The van der Waals surface area contributed by atoms with Crippen LogP contribution < -0.4 is 0 Å². The Morgan fingerprint density at radius 1 is 1.35 bits per heavy atom. The standard InChI is InChI=1S/C13H16N4O3/c1-3-16(8-12(18)19)13(20)9-5-6-11-10(7-9)14-15-17(11)4-2/h5-7H,3-4,8H2,1-2H3,(H,18,19). The summed E-state index contributed by atoms with van der Waals surface area (Å²) >= 11 is 0. The number of amides is 1. The van der Waals surface area contributed by atoms with Crippen molar-refractivity contribution < 1.29 is 14.7 Å². The molecule has 0 saturated heterocycles. The highest BCUT2D eigenvalue weighted by Crippen LogP contribution is 2.15. The fourth-order valence-electron chi connectivity index (χ4n) is 2.01. The number of fused-ring (bicyclic) bond motifs is 1. The van der Waals surface area contributed by atoms with Crippen LogP contribution >= 0.6 is 0 Å². The van der Waals surface area contributed by atoms with Gasteiger partial charge in [-0.2, -0.15) is 0 Å². The number of carboxylic acids is 1. The number of rotatable bonds is 5. The van der Waals surface area contributed by atoms with Crippen molar-refractivity contribution in [1.82, 2.24) is 19.9 Å². The molecule has 0 aliphatic carbocycles. The molecule has 20 heavy (non-hydrogen) atoms. The molecule has 0 aliphatic rings. The molecule has 106 valence electrons. The van der Waals surface area contributed by atoms with Gasteiger partial charge in [-0.1, -0.05) is 5.21 Å². The molecule has 7 heteroatoms. The molecular weight excluding hydrogens is 260 g/mol. The third-order valence-corrected chi connectivity index (χ3v) is 3.06. The highest BCUT2D eigenvalue weighted by atomic mass is 16.4. The minimum absolute atomic E-state index is 0.310. The molecular formula is C13H16N4O3. The van der Waals surface area contributed by atoms with E-state index < -0.39 is 5.97 Å². The highest BCUT2D eigenvalue weighted by Gasteiger charge is 2.18. The van der Waals surface area contributed by atoms with E-state index in [0.29, 0.717) is 24.2 Å². The lowest BCUT2D eigenvalue weighted by atomic mass is 10.1. The largest absolute Gasteiger partial charge is 0.480 e. The van der Waals surface area contributed by atoms with Crippen LogP contribution in [-0.4, -0.2) is 50.0 Å². The number of hydrogen-bond donors (Lipinski definition) is 1. The number of aryl methyl sites for hydroxylation is 1. The zero-order valence-corrected chi connectivity index (χ0v) is 11.4.